The second kappa shape index (κ2) is 6.32. The number of hydrogen-bond acceptors (Lipinski definition) is 4. The normalized spacial score (nSPS) is 15.0. The van der Waals surface area contributed by atoms with Crippen LogP contribution in [0.15, 0.2) is 29.6 Å². The van der Waals surface area contributed by atoms with Crippen molar-refractivity contribution < 1.29 is 4.79 Å². The van der Waals surface area contributed by atoms with E-state index in [9.17, 15) is 4.79 Å². The van der Waals surface area contributed by atoms with Crippen molar-refractivity contribution in [2.75, 3.05) is 23.3 Å². The summed E-state index contributed by atoms with van der Waals surface area (Å²) in [5.74, 6) is 0.0192. The Hall–Kier alpha value is -1.88. The Morgan fingerprint density at radius 2 is 2.00 bits per heavy atom. The molecule has 0 unspecified atom stereocenters. The van der Waals surface area contributed by atoms with Gasteiger partial charge in [-0.15, -0.1) is 11.3 Å². The Labute approximate surface area is 141 Å². The maximum atomic E-state index is 12.1. The molecule has 0 radical (unpaired) electrons. The van der Waals surface area contributed by atoms with Crippen molar-refractivity contribution in [1.29, 1.82) is 0 Å². The molecule has 122 valence electrons. The van der Waals surface area contributed by atoms with Crippen molar-refractivity contribution in [3.8, 4) is 11.3 Å². The van der Waals surface area contributed by atoms with E-state index in [1.54, 1.807) is 11.3 Å². The molecular formula is C18H23N3OS. The fourth-order valence-electron chi connectivity index (χ4n) is 2.53. The van der Waals surface area contributed by atoms with Crippen molar-refractivity contribution in [2.24, 2.45) is 5.41 Å². The zero-order valence-electron chi connectivity index (χ0n) is 13.9. The molecular weight excluding hydrogens is 306 g/mol. The number of benzene rings is 1. The van der Waals surface area contributed by atoms with Gasteiger partial charge in [-0.3, -0.25) is 4.79 Å². The third-order valence-electron chi connectivity index (χ3n) is 3.97. The highest BCUT2D eigenvalue weighted by molar-refractivity contribution is 7.14. The Bertz CT molecular complexity index is 696. The van der Waals surface area contributed by atoms with Gasteiger partial charge in [0.1, 0.15) is 0 Å². The molecule has 1 aromatic carbocycles. The summed E-state index contributed by atoms with van der Waals surface area (Å²) in [6.07, 6.45) is 2.51. The van der Waals surface area contributed by atoms with Gasteiger partial charge in [0.15, 0.2) is 5.13 Å². The first kappa shape index (κ1) is 16.0. The summed E-state index contributed by atoms with van der Waals surface area (Å²) >= 11 is 1.69. The first-order chi connectivity index (χ1) is 10.9. The van der Waals surface area contributed by atoms with Crippen molar-refractivity contribution in [2.45, 2.75) is 33.6 Å². The summed E-state index contributed by atoms with van der Waals surface area (Å²) in [6.45, 7) is 7.95. The molecule has 1 N–H and O–H groups in total. The molecule has 0 atom stereocenters. The van der Waals surface area contributed by atoms with Gasteiger partial charge in [0.05, 0.1) is 5.69 Å². The van der Waals surface area contributed by atoms with Crippen LogP contribution in [0.4, 0.5) is 10.8 Å². The predicted octanol–water partition coefficient (Wildman–Crippen LogP) is 4.39. The minimum Gasteiger partial charge on any atom is -0.348 e. The van der Waals surface area contributed by atoms with Gasteiger partial charge in [0.25, 0.3) is 0 Å². The molecule has 0 bridgehead atoms. The number of nitrogens with one attached hydrogen (secondary N) is 1. The summed E-state index contributed by atoms with van der Waals surface area (Å²) < 4.78 is 0. The van der Waals surface area contributed by atoms with Crippen molar-refractivity contribution >= 4 is 28.1 Å². The van der Waals surface area contributed by atoms with E-state index in [1.807, 2.05) is 45.0 Å². The number of anilines is 2. The molecule has 0 saturated carbocycles. The van der Waals surface area contributed by atoms with Gasteiger partial charge in [0, 0.05) is 35.1 Å². The number of hydrogen-bond donors (Lipinski definition) is 1. The number of rotatable bonds is 3. The number of aromatic nitrogens is 1. The standard InChI is InChI=1S/C18H23N3OS/c1-18(2,3)16(22)19-14-8-6-7-13(11-14)15-12-23-17(20-15)21-9-4-5-10-21/h6-8,11-12H,4-5,9-10H2,1-3H3,(H,19,22). The third kappa shape index (κ3) is 3.72. The Kier molecular flexibility index (Phi) is 4.39. The lowest BCUT2D eigenvalue weighted by atomic mass is 9.95. The summed E-state index contributed by atoms with van der Waals surface area (Å²) in [6, 6.07) is 7.91. The predicted molar refractivity (Wildman–Crippen MR) is 97.1 cm³/mol. The molecule has 2 aromatic rings. The first-order valence-electron chi connectivity index (χ1n) is 8.06. The lowest BCUT2D eigenvalue weighted by Gasteiger charge is -2.17. The molecule has 1 aromatic heterocycles. The highest BCUT2D eigenvalue weighted by atomic mass is 32.1. The molecule has 0 spiro atoms. The van der Waals surface area contributed by atoms with Gasteiger partial charge in [-0.1, -0.05) is 32.9 Å². The molecule has 5 heteroatoms. The van der Waals surface area contributed by atoms with Crippen LogP contribution in [0.3, 0.4) is 0 Å². The maximum Gasteiger partial charge on any atom is 0.229 e. The smallest absolute Gasteiger partial charge is 0.229 e. The van der Waals surface area contributed by atoms with E-state index in [4.69, 9.17) is 4.98 Å². The largest absolute Gasteiger partial charge is 0.348 e. The van der Waals surface area contributed by atoms with E-state index in [1.165, 1.54) is 12.8 Å². The van der Waals surface area contributed by atoms with Crippen LogP contribution in [0, 0.1) is 5.41 Å². The number of carbonyl (C=O) groups is 1. The molecule has 0 aliphatic carbocycles. The molecule has 2 heterocycles. The molecule has 1 fully saturated rings. The number of amides is 1. The van der Waals surface area contributed by atoms with E-state index in [0.29, 0.717) is 0 Å². The van der Waals surface area contributed by atoms with Crippen LogP contribution in [-0.2, 0) is 4.79 Å². The molecule has 3 rings (SSSR count). The summed E-state index contributed by atoms with van der Waals surface area (Å²) in [7, 11) is 0. The number of thiazole rings is 1. The van der Waals surface area contributed by atoms with E-state index in [2.05, 4.69) is 15.6 Å². The van der Waals surface area contributed by atoms with Gasteiger partial charge >= 0.3 is 0 Å². The average molecular weight is 329 g/mol. The summed E-state index contributed by atoms with van der Waals surface area (Å²) in [5.41, 5.74) is 2.43. The van der Waals surface area contributed by atoms with Gasteiger partial charge < -0.3 is 10.2 Å². The van der Waals surface area contributed by atoms with Crippen LogP contribution in [0.5, 0.6) is 0 Å². The highest BCUT2D eigenvalue weighted by Crippen LogP contribution is 2.30. The number of nitrogens with zero attached hydrogens (tertiary/aromatic N) is 2. The Balaban J connectivity index is 1.78. The minimum absolute atomic E-state index is 0.0192. The van der Waals surface area contributed by atoms with Crippen LogP contribution in [0.1, 0.15) is 33.6 Å². The van der Waals surface area contributed by atoms with E-state index in [-0.39, 0.29) is 5.91 Å². The fourth-order valence-corrected chi connectivity index (χ4v) is 3.41. The van der Waals surface area contributed by atoms with Gasteiger partial charge in [0.2, 0.25) is 5.91 Å². The molecule has 1 aliphatic heterocycles. The molecule has 23 heavy (non-hydrogen) atoms. The zero-order chi connectivity index (χ0) is 16.4. The monoisotopic (exact) mass is 329 g/mol. The van der Waals surface area contributed by atoms with Gasteiger partial charge in [-0.25, -0.2) is 4.98 Å². The second-order valence-corrected chi connectivity index (χ2v) is 7.83. The highest BCUT2D eigenvalue weighted by Gasteiger charge is 2.21. The van der Waals surface area contributed by atoms with Crippen LogP contribution < -0.4 is 10.2 Å². The zero-order valence-corrected chi connectivity index (χ0v) is 14.7. The summed E-state index contributed by atoms with van der Waals surface area (Å²) in [4.78, 5) is 19.2. The Morgan fingerprint density at radius 3 is 2.70 bits per heavy atom. The van der Waals surface area contributed by atoms with E-state index in [0.717, 1.165) is 35.2 Å². The van der Waals surface area contributed by atoms with Crippen molar-refractivity contribution in [3.05, 3.63) is 29.6 Å². The first-order valence-corrected chi connectivity index (χ1v) is 8.94. The average Bonchev–Trinajstić information content (AvgIpc) is 3.18. The lowest BCUT2D eigenvalue weighted by Crippen LogP contribution is -2.27. The van der Waals surface area contributed by atoms with Gasteiger partial charge in [-0.2, -0.15) is 0 Å². The maximum absolute atomic E-state index is 12.1. The molecule has 1 aliphatic rings. The van der Waals surface area contributed by atoms with E-state index >= 15 is 0 Å². The van der Waals surface area contributed by atoms with E-state index < -0.39 is 5.41 Å². The van der Waals surface area contributed by atoms with Crippen molar-refractivity contribution in [3.63, 3.8) is 0 Å². The SMILES string of the molecule is CC(C)(C)C(=O)Nc1cccc(-c2csc(N3CCCC3)n2)c1. The molecule has 1 amide bonds. The third-order valence-corrected chi connectivity index (χ3v) is 4.87. The second-order valence-electron chi connectivity index (χ2n) is 6.99. The van der Waals surface area contributed by atoms with Crippen LogP contribution in [0.25, 0.3) is 11.3 Å². The Morgan fingerprint density at radius 1 is 1.26 bits per heavy atom. The van der Waals surface area contributed by atoms with Gasteiger partial charge in [-0.05, 0) is 25.0 Å². The molecule has 4 nitrogen and oxygen atoms in total. The molecule has 1 saturated heterocycles. The lowest BCUT2D eigenvalue weighted by molar-refractivity contribution is -0.123. The van der Waals surface area contributed by atoms with Crippen LogP contribution in [0.2, 0.25) is 0 Å². The van der Waals surface area contributed by atoms with Crippen LogP contribution in [-0.4, -0.2) is 24.0 Å². The summed E-state index contributed by atoms with van der Waals surface area (Å²) in [5, 5.41) is 6.17. The van der Waals surface area contributed by atoms with Crippen LogP contribution >= 0.6 is 11.3 Å². The topological polar surface area (TPSA) is 45.2 Å². The fraction of sp³-hybridized carbons (Fsp3) is 0.444. The minimum atomic E-state index is -0.403. The number of carbonyl (C=O) groups excluding carboxylic acids is 1. The quantitative estimate of drug-likeness (QED) is 0.908. The van der Waals surface area contributed by atoms with Crippen molar-refractivity contribution in [1.82, 2.24) is 4.98 Å².